The lowest BCUT2D eigenvalue weighted by Gasteiger charge is -2.04. The third-order valence-electron chi connectivity index (χ3n) is 4.14. The molecule has 5 nitrogen and oxygen atoms in total. The quantitative estimate of drug-likeness (QED) is 0.896. The average Bonchev–Trinajstić information content (AvgIpc) is 3.07. The van der Waals surface area contributed by atoms with Gasteiger partial charge in [0.25, 0.3) is 5.89 Å². The van der Waals surface area contributed by atoms with Gasteiger partial charge in [-0.3, -0.25) is 0 Å². The van der Waals surface area contributed by atoms with Crippen molar-refractivity contribution in [1.29, 1.82) is 0 Å². The van der Waals surface area contributed by atoms with Gasteiger partial charge < -0.3 is 14.7 Å². The molecule has 2 atom stereocenters. The Balaban J connectivity index is 1.83. The van der Waals surface area contributed by atoms with E-state index in [-0.39, 0.29) is 11.5 Å². The van der Waals surface area contributed by atoms with Crippen LogP contribution in [0.3, 0.4) is 0 Å². The molecule has 0 spiro atoms. The van der Waals surface area contributed by atoms with Gasteiger partial charge in [-0.05, 0) is 37.3 Å². The van der Waals surface area contributed by atoms with Crippen LogP contribution in [0.25, 0.3) is 11.5 Å². The van der Waals surface area contributed by atoms with Gasteiger partial charge in [-0.25, -0.2) is 0 Å². The Kier molecular flexibility index (Phi) is 3.34. The first-order valence-corrected chi connectivity index (χ1v) is 7.03. The Morgan fingerprint density at radius 2 is 2.15 bits per heavy atom. The Hall–Kier alpha value is -2.04. The average molecular weight is 274 g/mol. The van der Waals surface area contributed by atoms with Crippen molar-refractivity contribution >= 4 is 0 Å². The Bertz CT molecular complexity index is 609. The molecule has 2 N–H and O–H groups in total. The number of rotatable bonds is 3. The third-order valence-corrected chi connectivity index (χ3v) is 4.14. The summed E-state index contributed by atoms with van der Waals surface area (Å²) in [5.41, 5.74) is 0.451. The van der Waals surface area contributed by atoms with Gasteiger partial charge in [-0.15, -0.1) is 0 Å². The molecule has 20 heavy (non-hydrogen) atoms. The molecule has 2 aromatic rings. The minimum atomic E-state index is -0.0574. The first kappa shape index (κ1) is 13.0. The predicted octanol–water partition coefficient (Wildman–Crippen LogP) is 3.44. The van der Waals surface area contributed by atoms with E-state index in [0.717, 1.165) is 24.6 Å². The summed E-state index contributed by atoms with van der Waals surface area (Å²) in [7, 11) is 0. The molecular weight excluding hydrogens is 256 g/mol. The fraction of sp³-hybridized carbons (Fsp3) is 0.467. The van der Waals surface area contributed by atoms with Crippen molar-refractivity contribution in [2.75, 3.05) is 0 Å². The van der Waals surface area contributed by atoms with Crippen molar-refractivity contribution in [3.8, 4) is 23.0 Å². The van der Waals surface area contributed by atoms with Crippen LogP contribution in [0.2, 0.25) is 0 Å². The molecule has 1 aromatic carbocycles. The van der Waals surface area contributed by atoms with Crippen LogP contribution in [-0.2, 0) is 0 Å². The fourth-order valence-corrected chi connectivity index (χ4v) is 2.89. The summed E-state index contributed by atoms with van der Waals surface area (Å²) in [6, 6.07) is 4.33. The van der Waals surface area contributed by atoms with Gasteiger partial charge in [-0.2, -0.15) is 4.98 Å². The molecule has 1 aliphatic carbocycles. The number of phenols is 2. The molecule has 106 valence electrons. The molecular formula is C15H18N2O3. The Morgan fingerprint density at radius 3 is 2.85 bits per heavy atom. The Morgan fingerprint density at radius 1 is 1.30 bits per heavy atom. The molecule has 1 aliphatic rings. The zero-order valence-corrected chi connectivity index (χ0v) is 11.4. The highest BCUT2D eigenvalue weighted by atomic mass is 16.5. The van der Waals surface area contributed by atoms with Crippen LogP contribution in [0.5, 0.6) is 11.5 Å². The second-order valence-electron chi connectivity index (χ2n) is 5.44. The van der Waals surface area contributed by atoms with E-state index in [1.54, 1.807) is 6.07 Å². The second kappa shape index (κ2) is 5.15. The van der Waals surface area contributed by atoms with Gasteiger partial charge in [0.05, 0.1) is 5.56 Å². The van der Waals surface area contributed by atoms with Crippen LogP contribution in [0, 0.1) is 5.92 Å². The summed E-state index contributed by atoms with van der Waals surface area (Å²) >= 11 is 0. The molecule has 1 heterocycles. The zero-order chi connectivity index (χ0) is 14.1. The summed E-state index contributed by atoms with van der Waals surface area (Å²) in [6.07, 6.45) is 4.62. The van der Waals surface area contributed by atoms with Gasteiger partial charge >= 0.3 is 0 Å². The van der Waals surface area contributed by atoms with Gasteiger partial charge in [0.1, 0.15) is 11.5 Å². The molecule has 0 aliphatic heterocycles. The zero-order valence-electron chi connectivity index (χ0n) is 11.4. The SMILES string of the molecule is CCC1CCC(c2noc(-c3ccc(O)cc3O)n2)C1. The number of aromatic hydroxyl groups is 2. The van der Waals surface area contributed by atoms with Crippen molar-refractivity contribution in [2.24, 2.45) is 5.92 Å². The van der Waals surface area contributed by atoms with E-state index in [9.17, 15) is 10.2 Å². The normalized spacial score (nSPS) is 22.2. The number of nitrogens with zero attached hydrogens (tertiary/aromatic N) is 2. The number of benzene rings is 1. The number of hydrogen-bond acceptors (Lipinski definition) is 5. The summed E-state index contributed by atoms with van der Waals surface area (Å²) in [6.45, 7) is 2.21. The van der Waals surface area contributed by atoms with Crippen molar-refractivity contribution in [2.45, 2.75) is 38.5 Å². The summed E-state index contributed by atoms with van der Waals surface area (Å²) in [5, 5.41) is 23.2. The number of phenolic OH excluding ortho intramolecular Hbond substituents is 2. The molecule has 0 radical (unpaired) electrons. The van der Waals surface area contributed by atoms with E-state index < -0.39 is 0 Å². The van der Waals surface area contributed by atoms with Crippen LogP contribution < -0.4 is 0 Å². The van der Waals surface area contributed by atoms with Crippen molar-refractivity contribution in [3.63, 3.8) is 0 Å². The number of hydrogen-bond donors (Lipinski definition) is 2. The fourth-order valence-electron chi connectivity index (χ4n) is 2.89. The minimum Gasteiger partial charge on any atom is -0.508 e. The summed E-state index contributed by atoms with van der Waals surface area (Å²) < 4.78 is 5.25. The molecule has 0 saturated heterocycles. The molecule has 0 bridgehead atoms. The Labute approximate surface area is 117 Å². The van der Waals surface area contributed by atoms with Crippen LogP contribution in [0.4, 0.5) is 0 Å². The smallest absolute Gasteiger partial charge is 0.261 e. The standard InChI is InChI=1S/C15H18N2O3/c1-2-9-3-4-10(7-9)14-16-15(20-17-14)12-6-5-11(18)8-13(12)19/h5-6,8-10,18-19H,2-4,7H2,1H3. The van der Waals surface area contributed by atoms with E-state index in [1.165, 1.54) is 25.0 Å². The lowest BCUT2D eigenvalue weighted by Crippen LogP contribution is -1.97. The molecule has 0 amide bonds. The van der Waals surface area contributed by atoms with Gasteiger partial charge in [0.15, 0.2) is 5.82 Å². The van der Waals surface area contributed by atoms with E-state index in [2.05, 4.69) is 17.1 Å². The molecule has 3 rings (SSSR count). The molecule has 2 unspecified atom stereocenters. The van der Waals surface area contributed by atoms with E-state index in [4.69, 9.17) is 4.52 Å². The van der Waals surface area contributed by atoms with Gasteiger partial charge in [0, 0.05) is 12.0 Å². The maximum Gasteiger partial charge on any atom is 0.261 e. The number of aromatic nitrogens is 2. The van der Waals surface area contributed by atoms with E-state index in [1.807, 2.05) is 0 Å². The monoisotopic (exact) mass is 274 g/mol. The second-order valence-corrected chi connectivity index (χ2v) is 5.44. The van der Waals surface area contributed by atoms with Crippen LogP contribution in [-0.4, -0.2) is 20.4 Å². The maximum atomic E-state index is 9.81. The van der Waals surface area contributed by atoms with Crippen LogP contribution in [0.1, 0.15) is 44.3 Å². The molecule has 1 saturated carbocycles. The molecule has 1 aromatic heterocycles. The first-order chi connectivity index (χ1) is 9.67. The third kappa shape index (κ3) is 2.35. The minimum absolute atomic E-state index is 0.00701. The molecule has 1 fully saturated rings. The first-order valence-electron chi connectivity index (χ1n) is 7.03. The van der Waals surface area contributed by atoms with Crippen LogP contribution >= 0.6 is 0 Å². The van der Waals surface area contributed by atoms with Crippen molar-refractivity contribution < 1.29 is 14.7 Å². The van der Waals surface area contributed by atoms with E-state index >= 15 is 0 Å². The van der Waals surface area contributed by atoms with Gasteiger partial charge in [0.2, 0.25) is 0 Å². The van der Waals surface area contributed by atoms with Crippen LogP contribution in [0.15, 0.2) is 22.7 Å². The highest BCUT2D eigenvalue weighted by Crippen LogP contribution is 2.39. The largest absolute Gasteiger partial charge is 0.508 e. The summed E-state index contributed by atoms with van der Waals surface area (Å²) in [5.74, 6) is 2.09. The highest BCUT2D eigenvalue weighted by Gasteiger charge is 2.28. The lowest BCUT2D eigenvalue weighted by molar-refractivity contribution is 0.409. The lowest BCUT2D eigenvalue weighted by atomic mass is 10.0. The maximum absolute atomic E-state index is 9.81. The topological polar surface area (TPSA) is 79.4 Å². The predicted molar refractivity (Wildman–Crippen MR) is 73.4 cm³/mol. The van der Waals surface area contributed by atoms with Gasteiger partial charge in [-0.1, -0.05) is 18.5 Å². The van der Waals surface area contributed by atoms with Crippen molar-refractivity contribution in [3.05, 3.63) is 24.0 Å². The highest BCUT2D eigenvalue weighted by molar-refractivity contribution is 5.63. The molecule has 5 heteroatoms. The summed E-state index contributed by atoms with van der Waals surface area (Å²) in [4.78, 5) is 4.40. The van der Waals surface area contributed by atoms with Crippen molar-refractivity contribution in [1.82, 2.24) is 10.1 Å². The van der Waals surface area contributed by atoms with E-state index in [0.29, 0.717) is 17.4 Å².